The summed E-state index contributed by atoms with van der Waals surface area (Å²) < 4.78 is 24.8. The Hall–Kier alpha value is -4.42. The Morgan fingerprint density at radius 2 is 1.84 bits per heavy atom. The maximum Gasteiger partial charge on any atom is 0.338 e. The van der Waals surface area contributed by atoms with Gasteiger partial charge in [0.05, 0.1) is 48.2 Å². The first kappa shape index (κ1) is 30.1. The number of hydrogen-bond acceptors (Lipinski definition) is 9. The topological polar surface area (TPSA) is 130 Å². The SMILES string of the molecule is CCOC(=O)C1=C(C)N=c2s/c(=C\c3ccc(-c4cc(C(=O)O)ccc4C)o3)c(=O)n2[C@@H]1c1cc(OC)c(OC)cc1Br. The van der Waals surface area contributed by atoms with E-state index in [1.807, 2.05) is 6.92 Å². The molecule has 0 saturated carbocycles. The van der Waals surface area contributed by atoms with Gasteiger partial charge in [-0.3, -0.25) is 9.36 Å². The predicted molar refractivity (Wildman–Crippen MR) is 163 cm³/mol. The Morgan fingerprint density at radius 1 is 1.12 bits per heavy atom. The molecule has 0 fully saturated rings. The number of furan rings is 1. The molecule has 2 aromatic heterocycles. The van der Waals surface area contributed by atoms with Gasteiger partial charge in [-0.25, -0.2) is 14.6 Å². The summed E-state index contributed by atoms with van der Waals surface area (Å²) in [7, 11) is 3.02. The molecule has 3 heterocycles. The monoisotopic (exact) mass is 666 g/mol. The third-order valence-corrected chi connectivity index (χ3v) is 8.63. The van der Waals surface area contributed by atoms with Gasteiger partial charge in [-0.15, -0.1) is 0 Å². The molecule has 0 radical (unpaired) electrons. The Morgan fingerprint density at radius 3 is 2.51 bits per heavy atom. The maximum absolute atomic E-state index is 14.0. The highest BCUT2D eigenvalue weighted by Gasteiger charge is 2.35. The van der Waals surface area contributed by atoms with Crippen molar-refractivity contribution in [2.45, 2.75) is 26.8 Å². The fourth-order valence-corrected chi connectivity index (χ4v) is 6.46. The number of carbonyl (C=O) groups is 2. The Labute approximate surface area is 258 Å². The number of nitrogens with zero attached hydrogens (tertiary/aromatic N) is 2. The third-order valence-electron chi connectivity index (χ3n) is 6.96. The molecule has 2 aromatic carbocycles. The lowest BCUT2D eigenvalue weighted by Crippen LogP contribution is -2.40. The molecule has 1 N–H and O–H groups in total. The number of benzene rings is 2. The number of rotatable bonds is 8. The maximum atomic E-state index is 14.0. The van der Waals surface area contributed by atoms with Crippen LogP contribution in [0.4, 0.5) is 0 Å². The van der Waals surface area contributed by atoms with E-state index in [-0.39, 0.29) is 23.3 Å². The summed E-state index contributed by atoms with van der Waals surface area (Å²) in [5.74, 6) is 0.132. The van der Waals surface area contributed by atoms with E-state index in [9.17, 15) is 19.5 Å². The number of ether oxygens (including phenoxy) is 3. The van der Waals surface area contributed by atoms with Gasteiger partial charge in [0.2, 0.25) is 0 Å². The molecule has 0 unspecified atom stereocenters. The molecule has 222 valence electrons. The highest BCUT2D eigenvalue weighted by atomic mass is 79.9. The van der Waals surface area contributed by atoms with Gasteiger partial charge < -0.3 is 23.7 Å². The summed E-state index contributed by atoms with van der Waals surface area (Å²) in [6.45, 7) is 5.42. The molecule has 5 rings (SSSR count). The van der Waals surface area contributed by atoms with Crippen LogP contribution in [0.2, 0.25) is 0 Å². The standard InChI is InChI=1S/C31H27BrN2O8S/c1-6-41-30(38)26-16(3)33-31-34(27(26)20-13-23(39-4)24(40-5)14-21(20)32)28(35)25(43-31)12-18-9-10-22(42-18)19-11-17(29(36)37)8-7-15(19)2/h7-14,27H,6H2,1-5H3,(H,36,37)/b25-12-/t27-/m1/s1. The molecule has 0 bridgehead atoms. The van der Waals surface area contributed by atoms with E-state index in [1.54, 1.807) is 56.3 Å². The number of carboxylic acids is 1. The van der Waals surface area contributed by atoms with Crippen LogP contribution in [-0.2, 0) is 9.53 Å². The number of carboxylic acid groups (broad SMARTS) is 1. The van der Waals surface area contributed by atoms with Gasteiger partial charge in [0.1, 0.15) is 11.5 Å². The van der Waals surface area contributed by atoms with Crippen molar-refractivity contribution >= 4 is 45.3 Å². The molecule has 0 aliphatic carbocycles. The molecule has 0 spiro atoms. The van der Waals surface area contributed by atoms with Crippen molar-refractivity contribution < 1.29 is 33.3 Å². The van der Waals surface area contributed by atoms with Gasteiger partial charge in [0.25, 0.3) is 5.56 Å². The minimum absolute atomic E-state index is 0.140. The van der Waals surface area contributed by atoms with Crippen molar-refractivity contribution in [1.29, 1.82) is 0 Å². The van der Waals surface area contributed by atoms with Crippen molar-refractivity contribution in [3.8, 4) is 22.8 Å². The van der Waals surface area contributed by atoms with Crippen LogP contribution in [0.5, 0.6) is 11.5 Å². The minimum atomic E-state index is -1.04. The van der Waals surface area contributed by atoms with Crippen LogP contribution in [0, 0.1) is 6.92 Å². The fourth-order valence-electron chi connectivity index (χ4n) is 4.89. The van der Waals surface area contributed by atoms with E-state index >= 15 is 0 Å². The van der Waals surface area contributed by atoms with E-state index in [1.165, 1.54) is 24.9 Å². The van der Waals surface area contributed by atoms with Crippen molar-refractivity contribution in [1.82, 2.24) is 4.57 Å². The van der Waals surface area contributed by atoms with Crippen LogP contribution in [0.1, 0.15) is 47.1 Å². The van der Waals surface area contributed by atoms with Gasteiger partial charge >= 0.3 is 11.9 Å². The van der Waals surface area contributed by atoms with E-state index < -0.39 is 18.0 Å². The van der Waals surface area contributed by atoms with E-state index in [0.29, 0.717) is 53.6 Å². The van der Waals surface area contributed by atoms with Crippen LogP contribution < -0.4 is 24.4 Å². The number of allylic oxidation sites excluding steroid dienone is 1. The van der Waals surface area contributed by atoms with Gasteiger partial charge in [-0.2, -0.15) is 0 Å². The van der Waals surface area contributed by atoms with Crippen LogP contribution in [0.15, 0.2) is 72.4 Å². The normalized spacial score (nSPS) is 14.7. The smallest absolute Gasteiger partial charge is 0.338 e. The number of methoxy groups -OCH3 is 2. The number of aromatic nitrogens is 1. The molecule has 10 nitrogen and oxygen atoms in total. The third kappa shape index (κ3) is 5.55. The molecule has 4 aromatic rings. The van der Waals surface area contributed by atoms with Gasteiger partial charge in [0.15, 0.2) is 16.3 Å². The first-order chi connectivity index (χ1) is 20.6. The van der Waals surface area contributed by atoms with Crippen molar-refractivity contribution in [2.75, 3.05) is 20.8 Å². The van der Waals surface area contributed by atoms with E-state index in [2.05, 4.69) is 20.9 Å². The fraction of sp³-hybridized carbons (Fsp3) is 0.226. The number of carbonyl (C=O) groups excluding carboxylic acids is 1. The van der Waals surface area contributed by atoms with Crippen LogP contribution in [0.25, 0.3) is 17.4 Å². The highest BCUT2D eigenvalue weighted by Crippen LogP contribution is 2.40. The quantitative estimate of drug-likeness (QED) is 0.264. The predicted octanol–water partition coefficient (Wildman–Crippen LogP) is 4.84. The lowest BCUT2D eigenvalue weighted by Gasteiger charge is -2.26. The first-order valence-electron chi connectivity index (χ1n) is 13.1. The summed E-state index contributed by atoms with van der Waals surface area (Å²) in [6, 6.07) is 10.8. The van der Waals surface area contributed by atoms with Crippen molar-refractivity contribution in [3.63, 3.8) is 0 Å². The minimum Gasteiger partial charge on any atom is -0.493 e. The van der Waals surface area contributed by atoms with Crippen molar-refractivity contribution in [2.24, 2.45) is 4.99 Å². The molecule has 12 heteroatoms. The second-order valence-electron chi connectivity index (χ2n) is 9.57. The van der Waals surface area contributed by atoms with Crippen LogP contribution in [-0.4, -0.2) is 42.4 Å². The zero-order chi connectivity index (χ0) is 31.0. The summed E-state index contributed by atoms with van der Waals surface area (Å²) in [5, 5.41) is 9.41. The lowest BCUT2D eigenvalue weighted by atomic mass is 9.95. The molecule has 1 aliphatic heterocycles. The molecule has 0 amide bonds. The zero-order valence-corrected chi connectivity index (χ0v) is 26.3. The van der Waals surface area contributed by atoms with Gasteiger partial charge in [-0.05, 0) is 68.3 Å². The Balaban J connectivity index is 1.67. The van der Waals surface area contributed by atoms with Gasteiger partial charge in [0, 0.05) is 16.1 Å². The summed E-state index contributed by atoms with van der Waals surface area (Å²) in [4.78, 5) is 43.7. The second-order valence-corrected chi connectivity index (χ2v) is 11.4. The first-order valence-corrected chi connectivity index (χ1v) is 14.7. The number of esters is 1. The second kappa shape index (κ2) is 12.1. The van der Waals surface area contributed by atoms with E-state index in [4.69, 9.17) is 18.6 Å². The largest absolute Gasteiger partial charge is 0.493 e. The van der Waals surface area contributed by atoms with Crippen LogP contribution in [0.3, 0.4) is 0 Å². The summed E-state index contributed by atoms with van der Waals surface area (Å²) in [5.41, 5.74) is 2.46. The van der Waals surface area contributed by atoms with Crippen LogP contribution >= 0.6 is 27.3 Å². The summed E-state index contributed by atoms with van der Waals surface area (Å²) in [6.07, 6.45) is 1.60. The van der Waals surface area contributed by atoms with E-state index in [0.717, 1.165) is 16.9 Å². The number of fused-ring (bicyclic) bond motifs is 1. The number of aryl methyl sites for hydroxylation is 1. The van der Waals surface area contributed by atoms with Gasteiger partial charge in [-0.1, -0.05) is 33.3 Å². The zero-order valence-electron chi connectivity index (χ0n) is 23.9. The molecule has 43 heavy (non-hydrogen) atoms. The Kier molecular flexibility index (Phi) is 8.43. The lowest BCUT2D eigenvalue weighted by molar-refractivity contribution is -0.139. The molecule has 1 atom stereocenters. The number of hydrogen-bond donors (Lipinski definition) is 1. The molecule has 0 saturated heterocycles. The Bertz CT molecular complexity index is 1980. The molecular formula is C31H27BrN2O8S. The van der Waals surface area contributed by atoms with Crippen molar-refractivity contribution in [3.05, 3.63) is 100 Å². The summed E-state index contributed by atoms with van der Waals surface area (Å²) >= 11 is 4.75. The molecule has 1 aliphatic rings. The number of halogens is 1. The molecular weight excluding hydrogens is 640 g/mol. The average molecular weight is 668 g/mol. The highest BCUT2D eigenvalue weighted by molar-refractivity contribution is 9.10. The average Bonchev–Trinajstić information content (AvgIpc) is 3.56. The number of aromatic carboxylic acids is 1. The number of thiazole rings is 1.